The Hall–Kier alpha value is -1.35. The fourth-order valence-corrected chi connectivity index (χ4v) is 3.81. The molecule has 0 saturated heterocycles. The molecule has 3 rings (SSSR count). The van der Waals surface area contributed by atoms with Gasteiger partial charge in [0, 0.05) is 19.5 Å². The van der Waals surface area contributed by atoms with Gasteiger partial charge in [0.25, 0.3) is 0 Å². The van der Waals surface area contributed by atoms with Crippen molar-refractivity contribution in [3.8, 4) is 0 Å². The van der Waals surface area contributed by atoms with Crippen molar-refractivity contribution in [1.82, 2.24) is 9.55 Å². The molecule has 1 heterocycles. The first-order chi connectivity index (χ1) is 10.7. The Morgan fingerprint density at radius 2 is 1.86 bits per heavy atom. The third-order valence-corrected chi connectivity index (χ3v) is 5.30. The van der Waals surface area contributed by atoms with Crippen LogP contribution in [0.5, 0.6) is 0 Å². The maximum atomic E-state index is 5.84. The molecule has 0 amide bonds. The molecule has 22 heavy (non-hydrogen) atoms. The summed E-state index contributed by atoms with van der Waals surface area (Å²) in [5.41, 5.74) is 10.9. The minimum Gasteiger partial charge on any atom is -0.329 e. The van der Waals surface area contributed by atoms with Crippen molar-refractivity contribution >= 4 is 11.0 Å². The van der Waals surface area contributed by atoms with Crippen LogP contribution in [0.3, 0.4) is 0 Å². The number of imidazole rings is 1. The van der Waals surface area contributed by atoms with Gasteiger partial charge in [0.05, 0.1) is 11.0 Å². The second kappa shape index (κ2) is 6.82. The summed E-state index contributed by atoms with van der Waals surface area (Å²) < 4.78 is 2.35. The van der Waals surface area contributed by atoms with E-state index in [2.05, 4.69) is 30.5 Å². The number of benzene rings is 1. The van der Waals surface area contributed by atoms with E-state index in [-0.39, 0.29) is 0 Å². The first-order valence-electron chi connectivity index (χ1n) is 8.85. The zero-order chi connectivity index (χ0) is 15.5. The van der Waals surface area contributed by atoms with Crippen LogP contribution in [0.1, 0.15) is 55.5 Å². The maximum absolute atomic E-state index is 5.84. The lowest BCUT2D eigenvalue weighted by atomic mass is 9.86. The summed E-state index contributed by atoms with van der Waals surface area (Å²) in [4.78, 5) is 4.93. The second-order valence-electron chi connectivity index (χ2n) is 6.94. The Bertz CT molecular complexity index is 636. The van der Waals surface area contributed by atoms with Crippen LogP contribution in [0.15, 0.2) is 12.1 Å². The maximum Gasteiger partial charge on any atom is 0.109 e. The van der Waals surface area contributed by atoms with Crippen molar-refractivity contribution in [3.05, 3.63) is 29.1 Å². The van der Waals surface area contributed by atoms with Crippen LogP contribution in [0, 0.1) is 19.8 Å². The molecule has 1 aromatic carbocycles. The molecule has 1 saturated carbocycles. The molecule has 120 valence electrons. The lowest BCUT2D eigenvalue weighted by molar-refractivity contribution is 0.336. The van der Waals surface area contributed by atoms with Crippen LogP contribution in [0.25, 0.3) is 11.0 Å². The number of nitrogens with zero attached hydrogens (tertiary/aromatic N) is 2. The smallest absolute Gasteiger partial charge is 0.109 e. The minimum atomic E-state index is 0.675. The molecule has 0 unspecified atom stereocenters. The number of aromatic nitrogens is 2. The summed E-state index contributed by atoms with van der Waals surface area (Å²) in [5.74, 6) is 2.14. The topological polar surface area (TPSA) is 43.8 Å². The number of fused-ring (bicyclic) bond motifs is 1. The van der Waals surface area contributed by atoms with Gasteiger partial charge >= 0.3 is 0 Å². The SMILES string of the molecule is Cc1cc2nc(CCC3CCCCC3)n(CCN)c2cc1C. The zero-order valence-corrected chi connectivity index (χ0v) is 14.1. The van der Waals surface area contributed by atoms with Crippen LogP contribution in [0.4, 0.5) is 0 Å². The van der Waals surface area contributed by atoms with Gasteiger partial charge in [-0.3, -0.25) is 0 Å². The highest BCUT2D eigenvalue weighted by Gasteiger charge is 2.16. The van der Waals surface area contributed by atoms with Crippen molar-refractivity contribution < 1.29 is 0 Å². The third kappa shape index (κ3) is 3.19. The first-order valence-corrected chi connectivity index (χ1v) is 8.85. The van der Waals surface area contributed by atoms with E-state index in [9.17, 15) is 0 Å². The van der Waals surface area contributed by atoms with Gasteiger partial charge in [-0.1, -0.05) is 32.1 Å². The van der Waals surface area contributed by atoms with E-state index in [1.807, 2.05) is 0 Å². The standard InChI is InChI=1S/C19H29N3/c1-14-12-17-18(13-15(14)2)22(11-10-20)19(21-17)9-8-16-6-4-3-5-7-16/h12-13,16H,3-11,20H2,1-2H3. The fraction of sp³-hybridized carbons (Fsp3) is 0.632. The van der Waals surface area contributed by atoms with Crippen LogP contribution < -0.4 is 5.73 Å². The summed E-state index contributed by atoms with van der Waals surface area (Å²) in [5, 5.41) is 0. The van der Waals surface area contributed by atoms with Gasteiger partial charge in [0.1, 0.15) is 5.82 Å². The van der Waals surface area contributed by atoms with E-state index < -0.39 is 0 Å². The number of hydrogen-bond donors (Lipinski definition) is 1. The molecule has 0 atom stereocenters. The quantitative estimate of drug-likeness (QED) is 0.902. The summed E-state index contributed by atoms with van der Waals surface area (Å²) in [6, 6.07) is 4.50. The summed E-state index contributed by atoms with van der Waals surface area (Å²) in [6.45, 7) is 5.89. The number of nitrogens with two attached hydrogens (primary N) is 1. The van der Waals surface area contributed by atoms with Gasteiger partial charge in [-0.05, 0) is 49.4 Å². The van der Waals surface area contributed by atoms with Crippen molar-refractivity contribution in [2.75, 3.05) is 6.54 Å². The lowest BCUT2D eigenvalue weighted by Gasteiger charge is -2.21. The highest BCUT2D eigenvalue weighted by atomic mass is 15.1. The molecule has 1 aromatic heterocycles. The zero-order valence-electron chi connectivity index (χ0n) is 14.1. The van der Waals surface area contributed by atoms with Crippen molar-refractivity contribution in [3.63, 3.8) is 0 Å². The summed E-state index contributed by atoms with van der Waals surface area (Å²) in [7, 11) is 0. The molecule has 3 nitrogen and oxygen atoms in total. The van der Waals surface area contributed by atoms with Gasteiger partial charge < -0.3 is 10.3 Å². The average Bonchev–Trinajstić information content (AvgIpc) is 2.84. The predicted molar refractivity (Wildman–Crippen MR) is 93.2 cm³/mol. The highest BCUT2D eigenvalue weighted by Crippen LogP contribution is 2.28. The molecular weight excluding hydrogens is 270 g/mol. The molecule has 0 radical (unpaired) electrons. The Morgan fingerprint density at radius 3 is 2.59 bits per heavy atom. The van der Waals surface area contributed by atoms with Crippen LogP contribution >= 0.6 is 0 Å². The molecule has 2 aromatic rings. The van der Waals surface area contributed by atoms with Crippen LogP contribution in [-0.4, -0.2) is 16.1 Å². The Kier molecular flexibility index (Phi) is 4.82. The minimum absolute atomic E-state index is 0.675. The highest BCUT2D eigenvalue weighted by molar-refractivity contribution is 5.78. The van der Waals surface area contributed by atoms with E-state index >= 15 is 0 Å². The molecule has 0 bridgehead atoms. The number of rotatable bonds is 5. The normalized spacial score (nSPS) is 16.5. The molecule has 3 heteroatoms. The van der Waals surface area contributed by atoms with Crippen LogP contribution in [0.2, 0.25) is 0 Å². The van der Waals surface area contributed by atoms with Crippen LogP contribution in [-0.2, 0) is 13.0 Å². The average molecular weight is 299 g/mol. The Morgan fingerprint density at radius 1 is 1.14 bits per heavy atom. The summed E-state index contributed by atoms with van der Waals surface area (Å²) >= 11 is 0. The van der Waals surface area contributed by atoms with E-state index in [1.54, 1.807) is 0 Å². The van der Waals surface area contributed by atoms with Gasteiger partial charge in [-0.25, -0.2) is 4.98 Å². The number of aryl methyl sites for hydroxylation is 3. The largest absolute Gasteiger partial charge is 0.329 e. The van der Waals surface area contributed by atoms with Gasteiger partial charge in [-0.2, -0.15) is 0 Å². The monoisotopic (exact) mass is 299 g/mol. The third-order valence-electron chi connectivity index (χ3n) is 5.30. The number of hydrogen-bond acceptors (Lipinski definition) is 2. The second-order valence-corrected chi connectivity index (χ2v) is 6.94. The molecule has 1 fully saturated rings. The van der Waals surface area contributed by atoms with E-state index in [4.69, 9.17) is 10.7 Å². The van der Waals surface area contributed by atoms with Crippen molar-refractivity contribution in [1.29, 1.82) is 0 Å². The van der Waals surface area contributed by atoms with Crippen molar-refractivity contribution in [2.24, 2.45) is 11.7 Å². The molecule has 0 aliphatic heterocycles. The molecule has 1 aliphatic rings. The predicted octanol–water partition coefficient (Wildman–Crippen LogP) is 4.12. The molecule has 2 N–H and O–H groups in total. The van der Waals surface area contributed by atoms with Gasteiger partial charge in [-0.15, -0.1) is 0 Å². The summed E-state index contributed by atoms with van der Waals surface area (Å²) in [6.07, 6.45) is 9.47. The van der Waals surface area contributed by atoms with E-state index in [1.165, 1.54) is 61.0 Å². The molecule has 1 aliphatic carbocycles. The van der Waals surface area contributed by atoms with E-state index in [0.717, 1.165) is 24.4 Å². The van der Waals surface area contributed by atoms with Crippen molar-refractivity contribution in [2.45, 2.75) is 65.3 Å². The van der Waals surface area contributed by atoms with E-state index in [0.29, 0.717) is 6.54 Å². The Labute approximate surface area is 133 Å². The Balaban J connectivity index is 1.85. The van der Waals surface area contributed by atoms with Gasteiger partial charge in [0.15, 0.2) is 0 Å². The van der Waals surface area contributed by atoms with Gasteiger partial charge in [0.2, 0.25) is 0 Å². The fourth-order valence-electron chi connectivity index (χ4n) is 3.81. The first kappa shape index (κ1) is 15.5. The lowest BCUT2D eigenvalue weighted by Crippen LogP contribution is -2.14. The molecular formula is C19H29N3. The molecule has 0 spiro atoms.